The molecule has 0 bridgehead atoms. The summed E-state index contributed by atoms with van der Waals surface area (Å²) < 4.78 is 0. The van der Waals surface area contributed by atoms with E-state index in [2.05, 4.69) is 15.4 Å². The second-order valence-corrected chi connectivity index (χ2v) is 2.95. The molecule has 1 aromatic rings. The number of rotatable bonds is 4. The second-order valence-electron chi connectivity index (χ2n) is 2.95. The Balaban J connectivity index is 2.67. The van der Waals surface area contributed by atoms with Gasteiger partial charge >= 0.3 is 0 Å². The first kappa shape index (κ1) is 10.0. The van der Waals surface area contributed by atoms with Crippen LogP contribution in [0.5, 0.6) is 0 Å². The molecule has 0 aliphatic rings. The lowest BCUT2D eigenvalue weighted by atomic mass is 10.2. The second kappa shape index (κ2) is 4.86. The molecule has 1 rings (SSSR count). The highest BCUT2D eigenvalue weighted by Crippen LogP contribution is 2.05. The Morgan fingerprint density at radius 2 is 2.38 bits per heavy atom. The van der Waals surface area contributed by atoms with Gasteiger partial charge in [-0.15, -0.1) is 0 Å². The fourth-order valence-corrected chi connectivity index (χ4v) is 1.06. The van der Waals surface area contributed by atoms with Gasteiger partial charge in [0.25, 0.3) is 0 Å². The topological polar surface area (TPSA) is 67.1 Å². The molecular formula is C8H15N5. The largest absolute Gasteiger partial charge is 0.328 e. The van der Waals surface area contributed by atoms with Crippen molar-refractivity contribution < 1.29 is 0 Å². The number of nitrogens with one attached hydrogen (secondary N) is 1. The van der Waals surface area contributed by atoms with Crippen LogP contribution in [0.4, 0.5) is 0 Å². The molecule has 1 atom stereocenters. The highest BCUT2D eigenvalue weighted by molar-refractivity contribution is 5.04. The van der Waals surface area contributed by atoms with Crippen LogP contribution in [0.2, 0.25) is 0 Å². The highest BCUT2D eigenvalue weighted by atomic mass is 15.5. The molecule has 0 aliphatic carbocycles. The standard InChI is InChI=1S/C8H15N5/c1-13(2)12-8(5-9)7-3-4-10-6-11-7/h3-4,6,8,12H,5,9H2,1-2H3. The fourth-order valence-electron chi connectivity index (χ4n) is 1.06. The highest BCUT2D eigenvalue weighted by Gasteiger charge is 2.10. The van der Waals surface area contributed by atoms with Gasteiger partial charge in [-0.1, -0.05) is 0 Å². The van der Waals surface area contributed by atoms with E-state index in [4.69, 9.17) is 5.73 Å². The van der Waals surface area contributed by atoms with Crippen molar-refractivity contribution in [2.24, 2.45) is 5.73 Å². The summed E-state index contributed by atoms with van der Waals surface area (Å²) in [5.41, 5.74) is 9.68. The molecule has 0 amide bonds. The van der Waals surface area contributed by atoms with Gasteiger partial charge in [-0.2, -0.15) is 0 Å². The van der Waals surface area contributed by atoms with Gasteiger partial charge in [-0.05, 0) is 6.07 Å². The van der Waals surface area contributed by atoms with Gasteiger partial charge in [0.15, 0.2) is 0 Å². The van der Waals surface area contributed by atoms with E-state index in [1.54, 1.807) is 6.20 Å². The van der Waals surface area contributed by atoms with Crippen LogP contribution in [0, 0.1) is 0 Å². The molecule has 0 aromatic carbocycles. The Kier molecular flexibility index (Phi) is 3.75. The van der Waals surface area contributed by atoms with E-state index >= 15 is 0 Å². The summed E-state index contributed by atoms with van der Waals surface area (Å²) >= 11 is 0. The van der Waals surface area contributed by atoms with Gasteiger partial charge in [0.05, 0.1) is 11.7 Å². The van der Waals surface area contributed by atoms with E-state index in [0.29, 0.717) is 6.54 Å². The summed E-state index contributed by atoms with van der Waals surface area (Å²) in [6, 6.07) is 1.91. The molecule has 5 heteroatoms. The van der Waals surface area contributed by atoms with E-state index in [9.17, 15) is 0 Å². The van der Waals surface area contributed by atoms with Crippen molar-refractivity contribution in [3.8, 4) is 0 Å². The zero-order valence-corrected chi connectivity index (χ0v) is 7.94. The smallest absolute Gasteiger partial charge is 0.115 e. The average molecular weight is 181 g/mol. The van der Waals surface area contributed by atoms with Crippen molar-refractivity contribution in [1.82, 2.24) is 20.4 Å². The molecular weight excluding hydrogens is 166 g/mol. The van der Waals surface area contributed by atoms with Gasteiger partial charge < -0.3 is 5.73 Å². The summed E-state index contributed by atoms with van der Waals surface area (Å²) in [4.78, 5) is 7.97. The number of aromatic nitrogens is 2. The van der Waals surface area contributed by atoms with Crippen LogP contribution < -0.4 is 11.2 Å². The first-order chi connectivity index (χ1) is 6.24. The maximum Gasteiger partial charge on any atom is 0.115 e. The SMILES string of the molecule is CN(C)NC(CN)c1ccncn1. The quantitative estimate of drug-likeness (QED) is 0.615. The molecule has 0 fully saturated rings. The van der Waals surface area contributed by atoms with E-state index < -0.39 is 0 Å². The minimum atomic E-state index is 0.0537. The number of nitrogens with zero attached hydrogens (tertiary/aromatic N) is 3. The molecule has 13 heavy (non-hydrogen) atoms. The molecule has 0 spiro atoms. The van der Waals surface area contributed by atoms with Gasteiger partial charge in [-0.25, -0.2) is 20.4 Å². The lowest BCUT2D eigenvalue weighted by Gasteiger charge is -2.20. The Labute approximate surface area is 78.0 Å². The summed E-state index contributed by atoms with van der Waals surface area (Å²) in [7, 11) is 3.84. The van der Waals surface area contributed by atoms with E-state index in [1.165, 1.54) is 6.33 Å². The monoisotopic (exact) mass is 181 g/mol. The molecule has 0 radical (unpaired) electrons. The molecule has 3 N–H and O–H groups in total. The lowest BCUT2D eigenvalue weighted by Crippen LogP contribution is -2.38. The van der Waals surface area contributed by atoms with Gasteiger partial charge in [0.1, 0.15) is 6.33 Å². The van der Waals surface area contributed by atoms with Crippen molar-refractivity contribution in [3.63, 3.8) is 0 Å². The normalized spacial score (nSPS) is 13.2. The van der Waals surface area contributed by atoms with Gasteiger partial charge in [-0.3, -0.25) is 0 Å². The van der Waals surface area contributed by atoms with Gasteiger partial charge in [0, 0.05) is 26.8 Å². The van der Waals surface area contributed by atoms with E-state index in [-0.39, 0.29) is 6.04 Å². The molecule has 0 saturated heterocycles. The zero-order valence-electron chi connectivity index (χ0n) is 7.94. The molecule has 1 unspecified atom stereocenters. The summed E-state index contributed by atoms with van der Waals surface area (Å²) in [6.45, 7) is 0.509. The van der Waals surface area contributed by atoms with E-state index in [1.807, 2.05) is 25.2 Å². The minimum absolute atomic E-state index is 0.0537. The molecule has 1 aromatic heterocycles. The fraction of sp³-hybridized carbons (Fsp3) is 0.500. The maximum absolute atomic E-state index is 5.60. The van der Waals surface area contributed by atoms with Crippen LogP contribution in [0.25, 0.3) is 0 Å². The third kappa shape index (κ3) is 3.06. The van der Waals surface area contributed by atoms with Crippen LogP contribution in [-0.4, -0.2) is 35.6 Å². The Hall–Kier alpha value is -1.04. The Bertz CT molecular complexity index is 236. The number of hydrogen-bond donors (Lipinski definition) is 2. The molecule has 0 aliphatic heterocycles. The van der Waals surface area contributed by atoms with Crippen LogP contribution in [-0.2, 0) is 0 Å². The first-order valence-corrected chi connectivity index (χ1v) is 4.13. The maximum atomic E-state index is 5.60. The van der Waals surface area contributed by atoms with Crippen LogP contribution in [0.1, 0.15) is 11.7 Å². The average Bonchev–Trinajstić information content (AvgIpc) is 2.15. The zero-order chi connectivity index (χ0) is 9.68. The summed E-state index contributed by atoms with van der Waals surface area (Å²) in [6.07, 6.45) is 3.23. The predicted octanol–water partition coefficient (Wildman–Crippen LogP) is -0.457. The minimum Gasteiger partial charge on any atom is -0.328 e. The molecule has 1 heterocycles. The van der Waals surface area contributed by atoms with Crippen molar-refractivity contribution in [2.75, 3.05) is 20.6 Å². The predicted molar refractivity (Wildman–Crippen MR) is 50.7 cm³/mol. The Morgan fingerprint density at radius 1 is 1.62 bits per heavy atom. The summed E-state index contributed by atoms with van der Waals surface area (Å²) in [5.74, 6) is 0. The number of hydrogen-bond acceptors (Lipinski definition) is 5. The third-order valence-corrected chi connectivity index (χ3v) is 1.61. The number of nitrogens with two attached hydrogens (primary N) is 1. The molecule has 5 nitrogen and oxygen atoms in total. The van der Waals surface area contributed by atoms with Crippen LogP contribution in [0.15, 0.2) is 18.6 Å². The van der Waals surface area contributed by atoms with Crippen LogP contribution in [0.3, 0.4) is 0 Å². The van der Waals surface area contributed by atoms with Crippen molar-refractivity contribution in [1.29, 1.82) is 0 Å². The van der Waals surface area contributed by atoms with Crippen molar-refractivity contribution in [2.45, 2.75) is 6.04 Å². The number of hydrazine groups is 1. The van der Waals surface area contributed by atoms with Crippen molar-refractivity contribution >= 4 is 0 Å². The van der Waals surface area contributed by atoms with Crippen LogP contribution >= 0.6 is 0 Å². The van der Waals surface area contributed by atoms with Gasteiger partial charge in [0.2, 0.25) is 0 Å². The first-order valence-electron chi connectivity index (χ1n) is 4.13. The van der Waals surface area contributed by atoms with Crippen molar-refractivity contribution in [3.05, 3.63) is 24.3 Å². The Morgan fingerprint density at radius 3 is 2.85 bits per heavy atom. The summed E-state index contributed by atoms with van der Waals surface area (Å²) in [5, 5.41) is 1.86. The molecule has 0 saturated carbocycles. The lowest BCUT2D eigenvalue weighted by molar-refractivity contribution is 0.243. The molecule has 72 valence electrons. The van der Waals surface area contributed by atoms with E-state index in [0.717, 1.165) is 5.69 Å². The third-order valence-electron chi connectivity index (χ3n) is 1.61.